The third-order valence-corrected chi connectivity index (χ3v) is 2.21. The minimum absolute atomic E-state index is 0.240. The van der Waals surface area contributed by atoms with Crippen molar-refractivity contribution in [3.8, 4) is 6.07 Å². The topological polar surface area (TPSA) is 68.9 Å². The van der Waals surface area contributed by atoms with Crippen molar-refractivity contribution in [2.24, 2.45) is 0 Å². The maximum Gasteiger partial charge on any atom is 0.287 e. The molecule has 0 spiro atoms. The summed E-state index contributed by atoms with van der Waals surface area (Å²) in [7, 11) is 0. The molecule has 1 rings (SSSR count). The number of nitrogens with one attached hydrogen (secondary N) is 1. The van der Waals surface area contributed by atoms with E-state index in [4.69, 9.17) is 10.4 Å². The molecule has 0 saturated heterocycles. The molecule has 0 aliphatic carbocycles. The van der Waals surface area contributed by atoms with Crippen LogP contribution in [-0.4, -0.2) is 29.2 Å². The first-order chi connectivity index (χ1) is 7.89. The maximum atomic E-state index is 12.9. The van der Waals surface area contributed by atoms with Gasteiger partial charge in [0.15, 0.2) is 0 Å². The summed E-state index contributed by atoms with van der Waals surface area (Å²) < 4.78 is 25.7. The monoisotopic (exact) mass is 241 g/mol. The number of anilines is 1. The summed E-state index contributed by atoms with van der Waals surface area (Å²) in [5.41, 5.74) is 1.67. The van der Waals surface area contributed by atoms with Crippen LogP contribution in [0.4, 0.5) is 14.5 Å². The van der Waals surface area contributed by atoms with E-state index in [2.05, 4.69) is 10.3 Å². The fourth-order valence-corrected chi connectivity index (χ4v) is 1.39. The number of aliphatic hydroxyl groups excluding tert-OH is 1. The minimum Gasteiger partial charge on any atom is -0.390 e. The summed E-state index contributed by atoms with van der Waals surface area (Å²) in [5.74, 6) is -3.21. The average Bonchev–Trinajstić information content (AvgIpc) is 2.26. The quantitative estimate of drug-likeness (QED) is 0.840. The number of nitriles is 1. The Labute approximate surface area is 97.9 Å². The molecular weight excluding hydrogens is 228 g/mol. The Morgan fingerprint density at radius 2 is 2.18 bits per heavy atom. The fourth-order valence-electron chi connectivity index (χ4n) is 1.39. The first-order valence-corrected chi connectivity index (χ1v) is 5.00. The average molecular weight is 241 g/mol. The molecule has 1 aromatic rings. The molecule has 6 heteroatoms. The fraction of sp³-hybridized carbons (Fsp3) is 0.455. The summed E-state index contributed by atoms with van der Waals surface area (Å²) in [6.45, 7) is 1.40. The van der Waals surface area contributed by atoms with Crippen LogP contribution in [0.25, 0.3) is 0 Å². The Balaban J connectivity index is 2.95. The van der Waals surface area contributed by atoms with Crippen LogP contribution in [0.3, 0.4) is 0 Å². The molecule has 92 valence electrons. The number of pyridine rings is 1. The van der Waals surface area contributed by atoms with Crippen LogP contribution in [-0.2, 0) is 0 Å². The molecule has 2 N–H and O–H groups in total. The number of aromatic nitrogens is 1. The predicted molar refractivity (Wildman–Crippen MR) is 58.9 cm³/mol. The lowest BCUT2D eigenvalue weighted by atomic mass is 10.1. The van der Waals surface area contributed by atoms with Gasteiger partial charge in [-0.1, -0.05) is 0 Å². The molecule has 4 nitrogen and oxygen atoms in total. The van der Waals surface area contributed by atoms with Gasteiger partial charge in [0.1, 0.15) is 12.7 Å². The van der Waals surface area contributed by atoms with Crippen LogP contribution in [0.5, 0.6) is 0 Å². The van der Waals surface area contributed by atoms with Gasteiger partial charge >= 0.3 is 0 Å². The van der Waals surface area contributed by atoms with Crippen LogP contribution in [0.1, 0.15) is 17.0 Å². The number of hydrogen-bond acceptors (Lipinski definition) is 4. The number of nitrogens with zero attached hydrogens (tertiary/aromatic N) is 2. The van der Waals surface area contributed by atoms with Crippen LogP contribution in [0.15, 0.2) is 6.07 Å². The molecule has 0 amide bonds. The van der Waals surface area contributed by atoms with E-state index in [9.17, 15) is 8.78 Å². The van der Waals surface area contributed by atoms with Gasteiger partial charge in [0, 0.05) is 5.69 Å². The van der Waals surface area contributed by atoms with E-state index in [-0.39, 0.29) is 5.56 Å². The van der Waals surface area contributed by atoms with Crippen molar-refractivity contribution < 1.29 is 13.9 Å². The normalized spacial score (nSPS) is 11.1. The lowest BCUT2D eigenvalue weighted by Gasteiger charge is -2.16. The SMILES string of the molecule is Cc1cc(NCC(F)(F)CO)c(C#N)c(C)n1. The molecule has 0 saturated carbocycles. The van der Waals surface area contributed by atoms with Crippen molar-refractivity contribution in [2.45, 2.75) is 19.8 Å². The highest BCUT2D eigenvalue weighted by Crippen LogP contribution is 2.20. The van der Waals surface area contributed by atoms with Crippen LogP contribution in [0, 0.1) is 25.2 Å². The summed E-state index contributed by atoms with van der Waals surface area (Å²) in [6.07, 6.45) is 0. The maximum absolute atomic E-state index is 12.9. The molecule has 0 atom stereocenters. The lowest BCUT2D eigenvalue weighted by molar-refractivity contribution is -0.0372. The largest absolute Gasteiger partial charge is 0.390 e. The zero-order valence-electron chi connectivity index (χ0n) is 9.59. The molecule has 0 unspecified atom stereocenters. The van der Waals surface area contributed by atoms with E-state index in [0.29, 0.717) is 17.1 Å². The summed E-state index contributed by atoms with van der Waals surface area (Å²) >= 11 is 0. The number of aliphatic hydroxyl groups is 1. The second-order valence-electron chi connectivity index (χ2n) is 3.75. The predicted octanol–water partition coefficient (Wildman–Crippen LogP) is 1.61. The first kappa shape index (κ1) is 13.3. The van der Waals surface area contributed by atoms with Gasteiger partial charge in [-0.25, -0.2) is 8.78 Å². The Kier molecular flexibility index (Phi) is 3.97. The van der Waals surface area contributed by atoms with Gasteiger partial charge in [0.25, 0.3) is 5.92 Å². The van der Waals surface area contributed by atoms with Crippen LogP contribution < -0.4 is 5.32 Å². The van der Waals surface area contributed by atoms with Crippen LogP contribution in [0.2, 0.25) is 0 Å². The molecule has 1 aromatic heterocycles. The highest BCUT2D eigenvalue weighted by atomic mass is 19.3. The van der Waals surface area contributed by atoms with E-state index in [1.807, 2.05) is 6.07 Å². The zero-order chi connectivity index (χ0) is 13.1. The Bertz CT molecular complexity index is 455. The number of rotatable bonds is 4. The molecule has 0 fully saturated rings. The Morgan fingerprint density at radius 1 is 1.53 bits per heavy atom. The van der Waals surface area contributed by atoms with Gasteiger partial charge in [-0.2, -0.15) is 5.26 Å². The van der Waals surface area contributed by atoms with Crippen molar-refractivity contribution in [3.05, 3.63) is 23.0 Å². The third-order valence-electron chi connectivity index (χ3n) is 2.21. The van der Waals surface area contributed by atoms with Gasteiger partial charge in [-0.15, -0.1) is 0 Å². The smallest absolute Gasteiger partial charge is 0.287 e. The first-order valence-electron chi connectivity index (χ1n) is 5.00. The second kappa shape index (κ2) is 5.06. The van der Waals surface area contributed by atoms with Crippen molar-refractivity contribution in [1.29, 1.82) is 5.26 Å². The van der Waals surface area contributed by atoms with E-state index < -0.39 is 19.1 Å². The molecule has 17 heavy (non-hydrogen) atoms. The molecule has 0 aliphatic rings. The van der Waals surface area contributed by atoms with Gasteiger partial charge in [0.05, 0.1) is 23.5 Å². The molecule has 0 radical (unpaired) electrons. The van der Waals surface area contributed by atoms with Gasteiger partial charge in [-0.3, -0.25) is 4.98 Å². The third kappa shape index (κ3) is 3.36. The number of aryl methyl sites for hydroxylation is 2. The minimum atomic E-state index is -3.21. The van der Waals surface area contributed by atoms with E-state index in [1.165, 1.54) is 6.07 Å². The van der Waals surface area contributed by atoms with E-state index >= 15 is 0 Å². The Hall–Kier alpha value is -1.74. The summed E-state index contributed by atoms with van der Waals surface area (Å²) in [6, 6.07) is 3.44. The second-order valence-corrected chi connectivity index (χ2v) is 3.75. The van der Waals surface area contributed by atoms with Gasteiger partial charge < -0.3 is 10.4 Å². The van der Waals surface area contributed by atoms with Crippen LogP contribution >= 0.6 is 0 Å². The van der Waals surface area contributed by atoms with Crippen molar-refractivity contribution in [3.63, 3.8) is 0 Å². The van der Waals surface area contributed by atoms with Crippen molar-refractivity contribution >= 4 is 5.69 Å². The highest BCUT2D eigenvalue weighted by molar-refractivity contribution is 5.59. The molecule has 0 aliphatic heterocycles. The standard InChI is InChI=1S/C11H13F2N3O/c1-7-3-10(9(4-14)8(2)16-7)15-5-11(12,13)6-17/h3,17H,5-6H2,1-2H3,(H,15,16). The van der Waals surface area contributed by atoms with Gasteiger partial charge in [-0.05, 0) is 19.9 Å². The molecular formula is C11H13F2N3O. The summed E-state index contributed by atoms with van der Waals surface area (Å²) in [5, 5.41) is 19.8. The van der Waals surface area contributed by atoms with E-state index in [1.54, 1.807) is 13.8 Å². The molecule has 1 heterocycles. The number of alkyl halides is 2. The zero-order valence-corrected chi connectivity index (χ0v) is 9.59. The van der Waals surface area contributed by atoms with E-state index in [0.717, 1.165) is 0 Å². The number of halogens is 2. The Morgan fingerprint density at radius 3 is 2.71 bits per heavy atom. The lowest BCUT2D eigenvalue weighted by Crippen LogP contribution is -2.31. The van der Waals surface area contributed by atoms with Gasteiger partial charge in [0.2, 0.25) is 0 Å². The van der Waals surface area contributed by atoms with Crippen molar-refractivity contribution in [1.82, 2.24) is 4.98 Å². The molecule has 0 aromatic carbocycles. The molecule has 0 bridgehead atoms. The highest BCUT2D eigenvalue weighted by Gasteiger charge is 2.27. The summed E-state index contributed by atoms with van der Waals surface area (Å²) in [4.78, 5) is 4.07. The van der Waals surface area contributed by atoms with Crippen molar-refractivity contribution in [2.75, 3.05) is 18.5 Å². The number of hydrogen-bond donors (Lipinski definition) is 2.